The van der Waals surface area contributed by atoms with E-state index in [0.717, 1.165) is 25.7 Å². The van der Waals surface area contributed by atoms with Crippen molar-refractivity contribution in [2.45, 2.75) is 12.8 Å². The highest BCUT2D eigenvalue weighted by molar-refractivity contribution is 5.85. The number of nitrogens with two attached hydrogens (primary N) is 1. The average molecular weight is 164 g/mol. The van der Waals surface area contributed by atoms with Gasteiger partial charge in [-0.3, -0.25) is 0 Å². The largest absolute Gasteiger partial charge is 0.381 e. The molecule has 0 unspecified atom stereocenters. The van der Waals surface area contributed by atoms with Crippen molar-refractivity contribution in [1.29, 1.82) is 0 Å². The second kappa shape index (κ2) is 2.68. The maximum Gasteiger partial charge on any atom is 0.0500 e. The van der Waals surface area contributed by atoms with Crippen molar-refractivity contribution < 1.29 is 4.74 Å². The molecule has 0 aromatic carbocycles. The molecule has 0 bridgehead atoms. The predicted molar refractivity (Wildman–Crippen MR) is 42.3 cm³/mol. The maximum absolute atomic E-state index is 5.62. The van der Waals surface area contributed by atoms with Gasteiger partial charge in [-0.2, -0.15) is 0 Å². The summed E-state index contributed by atoms with van der Waals surface area (Å²) in [6, 6.07) is 0. The Labute approximate surface area is 67.5 Å². The van der Waals surface area contributed by atoms with Crippen molar-refractivity contribution in [3.63, 3.8) is 0 Å². The van der Waals surface area contributed by atoms with Gasteiger partial charge in [0.05, 0.1) is 0 Å². The SMILES string of the molecule is Cl.NC[C@@]12CCOC[C@@H]1C2. The fraction of sp³-hybridized carbons (Fsp3) is 1.00. The molecule has 0 radical (unpaired) electrons. The lowest BCUT2D eigenvalue weighted by molar-refractivity contribution is 0.0639. The molecule has 0 spiro atoms. The third-order valence-corrected chi connectivity index (χ3v) is 2.83. The summed E-state index contributed by atoms with van der Waals surface area (Å²) < 4.78 is 5.29. The van der Waals surface area contributed by atoms with Crippen LogP contribution in [0.15, 0.2) is 0 Å². The van der Waals surface area contributed by atoms with Crippen LogP contribution in [-0.4, -0.2) is 19.8 Å². The van der Waals surface area contributed by atoms with E-state index in [4.69, 9.17) is 10.5 Å². The second-order valence-corrected chi connectivity index (χ2v) is 3.29. The van der Waals surface area contributed by atoms with Crippen LogP contribution in [0.2, 0.25) is 0 Å². The van der Waals surface area contributed by atoms with Crippen LogP contribution in [0.1, 0.15) is 12.8 Å². The molecule has 2 fully saturated rings. The summed E-state index contributed by atoms with van der Waals surface area (Å²) in [6.07, 6.45) is 2.53. The van der Waals surface area contributed by atoms with Crippen LogP contribution in [0.25, 0.3) is 0 Å². The molecular weight excluding hydrogens is 150 g/mol. The first-order valence-electron chi connectivity index (χ1n) is 3.65. The summed E-state index contributed by atoms with van der Waals surface area (Å²) in [5, 5.41) is 0. The van der Waals surface area contributed by atoms with E-state index in [1.165, 1.54) is 12.8 Å². The zero-order chi connectivity index (χ0) is 6.32. The molecule has 0 aromatic heterocycles. The predicted octanol–water partition coefficient (Wildman–Crippen LogP) is 0.793. The third kappa shape index (κ3) is 1.04. The minimum Gasteiger partial charge on any atom is -0.381 e. The van der Waals surface area contributed by atoms with Crippen molar-refractivity contribution in [2.75, 3.05) is 19.8 Å². The molecule has 1 aliphatic carbocycles. The molecular formula is C7H14ClNO. The van der Waals surface area contributed by atoms with E-state index in [0.29, 0.717) is 5.41 Å². The molecule has 0 aromatic rings. The molecule has 2 nitrogen and oxygen atoms in total. The third-order valence-electron chi connectivity index (χ3n) is 2.83. The molecule has 10 heavy (non-hydrogen) atoms. The normalized spacial score (nSPS) is 43.5. The Morgan fingerprint density at radius 2 is 2.40 bits per heavy atom. The van der Waals surface area contributed by atoms with Crippen LogP contribution < -0.4 is 5.73 Å². The highest BCUT2D eigenvalue weighted by atomic mass is 35.5. The van der Waals surface area contributed by atoms with E-state index in [1.807, 2.05) is 0 Å². The number of rotatable bonds is 1. The van der Waals surface area contributed by atoms with Crippen LogP contribution in [-0.2, 0) is 4.74 Å². The maximum atomic E-state index is 5.62. The monoisotopic (exact) mass is 163 g/mol. The summed E-state index contributed by atoms with van der Waals surface area (Å²) in [5.74, 6) is 0.816. The van der Waals surface area contributed by atoms with Gasteiger partial charge in [-0.1, -0.05) is 0 Å². The number of hydrogen-bond donors (Lipinski definition) is 1. The zero-order valence-corrected chi connectivity index (χ0v) is 6.82. The van der Waals surface area contributed by atoms with Crippen molar-refractivity contribution in [2.24, 2.45) is 17.1 Å². The Balaban J connectivity index is 0.000000500. The van der Waals surface area contributed by atoms with Gasteiger partial charge < -0.3 is 10.5 Å². The lowest BCUT2D eigenvalue weighted by Crippen LogP contribution is -2.25. The molecule has 60 valence electrons. The average Bonchev–Trinajstić information content (AvgIpc) is 2.62. The summed E-state index contributed by atoms with van der Waals surface area (Å²) in [5.41, 5.74) is 6.16. The van der Waals surface area contributed by atoms with Gasteiger partial charge in [0.25, 0.3) is 0 Å². The smallest absolute Gasteiger partial charge is 0.0500 e. The van der Waals surface area contributed by atoms with Crippen molar-refractivity contribution in [3.8, 4) is 0 Å². The van der Waals surface area contributed by atoms with Gasteiger partial charge in [-0.25, -0.2) is 0 Å². The molecule has 2 atom stereocenters. The first kappa shape index (κ1) is 8.31. The number of hydrogen-bond acceptors (Lipinski definition) is 2. The van der Waals surface area contributed by atoms with Gasteiger partial charge in [0.2, 0.25) is 0 Å². The van der Waals surface area contributed by atoms with Gasteiger partial charge in [0.1, 0.15) is 0 Å². The van der Waals surface area contributed by atoms with E-state index in [2.05, 4.69) is 0 Å². The molecule has 2 N–H and O–H groups in total. The highest BCUT2D eigenvalue weighted by Crippen LogP contribution is 2.56. The number of halogens is 1. The Morgan fingerprint density at radius 1 is 1.60 bits per heavy atom. The Morgan fingerprint density at radius 3 is 2.90 bits per heavy atom. The summed E-state index contributed by atoms with van der Waals surface area (Å²) in [6.45, 7) is 2.78. The topological polar surface area (TPSA) is 35.2 Å². The van der Waals surface area contributed by atoms with Crippen molar-refractivity contribution in [3.05, 3.63) is 0 Å². The minimum atomic E-state index is 0. The summed E-state index contributed by atoms with van der Waals surface area (Å²) in [7, 11) is 0. The summed E-state index contributed by atoms with van der Waals surface area (Å²) in [4.78, 5) is 0. The van der Waals surface area contributed by atoms with Crippen molar-refractivity contribution >= 4 is 12.4 Å². The quantitative estimate of drug-likeness (QED) is 0.621. The van der Waals surface area contributed by atoms with Crippen LogP contribution in [0.4, 0.5) is 0 Å². The second-order valence-electron chi connectivity index (χ2n) is 3.29. The lowest BCUT2D eigenvalue weighted by atomic mass is 9.99. The highest BCUT2D eigenvalue weighted by Gasteiger charge is 2.54. The van der Waals surface area contributed by atoms with Gasteiger partial charge in [-0.05, 0) is 30.7 Å². The molecule has 1 heterocycles. The van der Waals surface area contributed by atoms with Crippen LogP contribution in [0, 0.1) is 11.3 Å². The van der Waals surface area contributed by atoms with Crippen molar-refractivity contribution in [1.82, 2.24) is 0 Å². The Hall–Kier alpha value is 0.210. The molecule has 1 saturated carbocycles. The van der Waals surface area contributed by atoms with E-state index >= 15 is 0 Å². The fourth-order valence-electron chi connectivity index (χ4n) is 1.83. The van der Waals surface area contributed by atoms with Gasteiger partial charge in [0, 0.05) is 13.2 Å². The molecule has 0 amide bonds. The summed E-state index contributed by atoms with van der Waals surface area (Å²) >= 11 is 0. The Kier molecular flexibility index (Phi) is 2.23. The standard InChI is InChI=1S/C7H13NO.ClH/c8-5-7-1-2-9-4-6(7)3-7;/h6H,1-5,8H2;1H/t6-,7-;/m0./s1. The molecule has 3 heteroatoms. The van der Waals surface area contributed by atoms with Gasteiger partial charge >= 0.3 is 0 Å². The van der Waals surface area contributed by atoms with Crippen LogP contribution in [0.3, 0.4) is 0 Å². The van der Waals surface area contributed by atoms with E-state index in [1.54, 1.807) is 0 Å². The number of ether oxygens (including phenoxy) is 1. The first-order valence-corrected chi connectivity index (χ1v) is 3.65. The first-order chi connectivity index (χ1) is 4.37. The van der Waals surface area contributed by atoms with Crippen LogP contribution in [0.5, 0.6) is 0 Å². The Bertz CT molecular complexity index is 131. The van der Waals surface area contributed by atoms with E-state index < -0.39 is 0 Å². The molecule has 1 saturated heterocycles. The van der Waals surface area contributed by atoms with Crippen LogP contribution >= 0.6 is 12.4 Å². The zero-order valence-electron chi connectivity index (χ0n) is 6.01. The molecule has 2 rings (SSSR count). The van der Waals surface area contributed by atoms with Gasteiger partial charge in [0.15, 0.2) is 0 Å². The van der Waals surface area contributed by atoms with Gasteiger partial charge in [-0.15, -0.1) is 12.4 Å². The van der Waals surface area contributed by atoms with E-state index in [-0.39, 0.29) is 12.4 Å². The van der Waals surface area contributed by atoms with E-state index in [9.17, 15) is 0 Å². The number of fused-ring (bicyclic) bond motifs is 1. The lowest BCUT2D eigenvalue weighted by Gasteiger charge is -2.19. The molecule has 1 aliphatic heterocycles. The minimum absolute atomic E-state index is 0. The molecule has 2 aliphatic rings. The fourth-order valence-corrected chi connectivity index (χ4v) is 1.83.